The van der Waals surface area contributed by atoms with E-state index in [1.807, 2.05) is 0 Å². The second kappa shape index (κ2) is 6.77. The molecule has 0 spiro atoms. The van der Waals surface area contributed by atoms with Crippen LogP contribution in [0.5, 0.6) is 0 Å². The van der Waals surface area contributed by atoms with Crippen molar-refractivity contribution in [2.75, 3.05) is 18.0 Å². The minimum Gasteiger partial charge on any atom is -0.351 e. The second-order valence-corrected chi connectivity index (χ2v) is 5.63. The fraction of sp³-hybridized carbons (Fsp3) is 0.312. The zero-order chi connectivity index (χ0) is 17.1. The lowest BCUT2D eigenvalue weighted by Crippen LogP contribution is -2.39. The molecule has 24 heavy (non-hydrogen) atoms. The lowest BCUT2D eigenvalue weighted by atomic mass is 10.1. The number of nitrogens with one attached hydrogen (secondary N) is 2. The Bertz CT molecular complexity index is 809. The molecule has 0 saturated carbocycles. The van der Waals surface area contributed by atoms with Gasteiger partial charge in [-0.2, -0.15) is 0 Å². The van der Waals surface area contributed by atoms with Gasteiger partial charge < -0.3 is 15.2 Å². The maximum Gasteiger partial charge on any atom is 0.290 e. The highest BCUT2D eigenvalue weighted by Crippen LogP contribution is 2.15. The summed E-state index contributed by atoms with van der Waals surface area (Å²) in [6, 6.07) is 3.59. The van der Waals surface area contributed by atoms with Crippen molar-refractivity contribution in [3.8, 4) is 0 Å². The minimum atomic E-state index is -0.999. The van der Waals surface area contributed by atoms with Crippen molar-refractivity contribution >= 4 is 11.7 Å². The van der Waals surface area contributed by atoms with Crippen LogP contribution in [0.15, 0.2) is 35.4 Å². The van der Waals surface area contributed by atoms with E-state index in [9.17, 15) is 18.4 Å². The first kappa shape index (κ1) is 16.1. The smallest absolute Gasteiger partial charge is 0.290 e. The van der Waals surface area contributed by atoms with Crippen LogP contribution in [0.1, 0.15) is 12.0 Å². The molecule has 2 heterocycles. The number of halogens is 2. The third kappa shape index (κ3) is 3.42. The quantitative estimate of drug-likeness (QED) is 0.874. The molecule has 1 aliphatic rings. The summed E-state index contributed by atoms with van der Waals surface area (Å²) in [5, 5.41) is 2.78. The maximum absolute atomic E-state index is 13.6. The monoisotopic (exact) mass is 334 g/mol. The van der Waals surface area contributed by atoms with Crippen LogP contribution in [-0.4, -0.2) is 35.0 Å². The summed E-state index contributed by atoms with van der Waals surface area (Å²) in [7, 11) is 0. The van der Waals surface area contributed by atoms with Gasteiger partial charge >= 0.3 is 0 Å². The molecule has 0 aliphatic carbocycles. The van der Waals surface area contributed by atoms with E-state index >= 15 is 0 Å². The lowest BCUT2D eigenvalue weighted by molar-refractivity contribution is -0.121. The van der Waals surface area contributed by atoms with E-state index in [1.54, 1.807) is 4.90 Å². The molecule has 2 aromatic rings. The molecular formula is C16H16F2N4O2. The van der Waals surface area contributed by atoms with Gasteiger partial charge in [0.15, 0.2) is 17.5 Å². The van der Waals surface area contributed by atoms with Gasteiger partial charge in [0, 0.05) is 37.1 Å². The zero-order valence-corrected chi connectivity index (χ0v) is 12.8. The summed E-state index contributed by atoms with van der Waals surface area (Å²) in [5.74, 6) is -2.05. The number of amides is 1. The van der Waals surface area contributed by atoms with Gasteiger partial charge in [-0.25, -0.2) is 13.8 Å². The third-order valence-electron chi connectivity index (χ3n) is 3.92. The fourth-order valence-corrected chi connectivity index (χ4v) is 2.78. The molecule has 1 aliphatic heterocycles. The SMILES string of the molecule is O=C(Cc1cccc(F)c1F)NC1CCN(c2ncc[nH]c2=O)C1. The molecule has 1 fully saturated rings. The van der Waals surface area contributed by atoms with E-state index in [0.717, 1.165) is 6.07 Å². The molecular weight excluding hydrogens is 318 g/mol. The van der Waals surface area contributed by atoms with E-state index in [2.05, 4.69) is 15.3 Å². The van der Waals surface area contributed by atoms with Gasteiger partial charge in [0.1, 0.15) is 0 Å². The largest absolute Gasteiger partial charge is 0.351 e. The average molecular weight is 334 g/mol. The van der Waals surface area contributed by atoms with E-state index in [0.29, 0.717) is 25.3 Å². The van der Waals surface area contributed by atoms with Gasteiger partial charge in [-0.1, -0.05) is 12.1 Å². The number of anilines is 1. The molecule has 1 atom stereocenters. The minimum absolute atomic E-state index is 0.0172. The van der Waals surface area contributed by atoms with Crippen LogP contribution in [0.25, 0.3) is 0 Å². The van der Waals surface area contributed by atoms with Gasteiger partial charge in [-0.3, -0.25) is 9.59 Å². The number of nitrogens with zero attached hydrogens (tertiary/aromatic N) is 2. The van der Waals surface area contributed by atoms with Crippen LogP contribution in [-0.2, 0) is 11.2 Å². The Hall–Kier alpha value is -2.77. The molecule has 1 aromatic carbocycles. The first-order chi connectivity index (χ1) is 11.5. The Balaban J connectivity index is 1.59. The van der Waals surface area contributed by atoms with Crippen molar-refractivity contribution in [2.24, 2.45) is 0 Å². The van der Waals surface area contributed by atoms with Crippen LogP contribution >= 0.6 is 0 Å². The highest BCUT2D eigenvalue weighted by atomic mass is 19.2. The number of H-pyrrole nitrogens is 1. The Labute approximate surface area is 136 Å². The van der Waals surface area contributed by atoms with Crippen molar-refractivity contribution in [2.45, 2.75) is 18.9 Å². The molecule has 126 valence electrons. The molecule has 2 N–H and O–H groups in total. The molecule has 1 saturated heterocycles. The first-order valence-corrected chi connectivity index (χ1v) is 7.55. The summed E-state index contributed by atoms with van der Waals surface area (Å²) in [6.45, 7) is 1.02. The number of aromatic nitrogens is 2. The van der Waals surface area contributed by atoms with Crippen LogP contribution in [0.4, 0.5) is 14.6 Å². The van der Waals surface area contributed by atoms with Crippen LogP contribution in [0.3, 0.4) is 0 Å². The van der Waals surface area contributed by atoms with Crippen molar-refractivity contribution < 1.29 is 13.6 Å². The summed E-state index contributed by atoms with van der Waals surface area (Å²) >= 11 is 0. The van der Waals surface area contributed by atoms with Crippen molar-refractivity contribution in [3.63, 3.8) is 0 Å². The number of benzene rings is 1. The topological polar surface area (TPSA) is 78.1 Å². The third-order valence-corrected chi connectivity index (χ3v) is 3.92. The van der Waals surface area contributed by atoms with Crippen molar-refractivity contribution in [1.29, 1.82) is 0 Å². The number of hydrogen-bond acceptors (Lipinski definition) is 4. The zero-order valence-electron chi connectivity index (χ0n) is 12.8. The highest BCUT2D eigenvalue weighted by molar-refractivity contribution is 5.79. The Morgan fingerprint density at radius 1 is 1.42 bits per heavy atom. The normalized spacial score (nSPS) is 17.1. The highest BCUT2D eigenvalue weighted by Gasteiger charge is 2.26. The maximum atomic E-state index is 13.6. The van der Waals surface area contributed by atoms with Crippen molar-refractivity contribution in [3.05, 3.63) is 58.1 Å². The second-order valence-electron chi connectivity index (χ2n) is 5.63. The molecule has 0 radical (unpaired) electrons. The van der Waals surface area contributed by atoms with Gasteiger partial charge in [-0.05, 0) is 12.5 Å². The molecule has 8 heteroatoms. The number of rotatable bonds is 4. The predicted octanol–water partition coefficient (Wildman–Crippen LogP) is 0.986. The summed E-state index contributed by atoms with van der Waals surface area (Å²) < 4.78 is 26.8. The predicted molar refractivity (Wildman–Crippen MR) is 83.7 cm³/mol. The number of carbonyl (C=O) groups excluding carboxylic acids is 1. The average Bonchev–Trinajstić information content (AvgIpc) is 3.00. The van der Waals surface area contributed by atoms with Crippen LogP contribution in [0.2, 0.25) is 0 Å². The summed E-state index contributed by atoms with van der Waals surface area (Å²) in [4.78, 5) is 32.1. The van der Waals surface area contributed by atoms with Crippen molar-refractivity contribution in [1.82, 2.24) is 15.3 Å². The molecule has 1 unspecified atom stereocenters. The lowest BCUT2D eigenvalue weighted by Gasteiger charge is -2.17. The molecule has 1 aromatic heterocycles. The van der Waals surface area contributed by atoms with Crippen LogP contribution < -0.4 is 15.8 Å². The van der Waals surface area contributed by atoms with Gasteiger partial charge in [0.25, 0.3) is 5.56 Å². The van der Waals surface area contributed by atoms with Gasteiger partial charge in [-0.15, -0.1) is 0 Å². The van der Waals surface area contributed by atoms with Gasteiger partial charge in [0.2, 0.25) is 5.91 Å². The fourth-order valence-electron chi connectivity index (χ4n) is 2.78. The van der Waals surface area contributed by atoms with E-state index in [-0.39, 0.29) is 29.5 Å². The molecule has 3 rings (SSSR count). The summed E-state index contributed by atoms with van der Waals surface area (Å²) in [5.41, 5.74) is -0.269. The van der Waals surface area contributed by atoms with Crippen LogP contribution in [0, 0.1) is 11.6 Å². The first-order valence-electron chi connectivity index (χ1n) is 7.55. The number of carbonyl (C=O) groups is 1. The number of hydrogen-bond donors (Lipinski definition) is 2. The Kier molecular flexibility index (Phi) is 4.54. The molecule has 6 nitrogen and oxygen atoms in total. The van der Waals surface area contributed by atoms with E-state index < -0.39 is 11.6 Å². The Morgan fingerprint density at radius 3 is 3.04 bits per heavy atom. The van der Waals surface area contributed by atoms with Gasteiger partial charge in [0.05, 0.1) is 6.42 Å². The molecule has 0 bridgehead atoms. The van der Waals surface area contributed by atoms with E-state index in [4.69, 9.17) is 0 Å². The molecule has 1 amide bonds. The van der Waals surface area contributed by atoms with E-state index in [1.165, 1.54) is 24.5 Å². The number of aromatic amines is 1. The Morgan fingerprint density at radius 2 is 2.25 bits per heavy atom. The standard InChI is InChI=1S/C16H16F2N4O2/c17-12-3-1-2-10(14(12)18)8-13(23)21-11-4-7-22(9-11)15-16(24)20-6-5-19-15/h1-3,5-6,11H,4,7-9H2,(H,20,24)(H,21,23). The summed E-state index contributed by atoms with van der Waals surface area (Å²) in [6.07, 6.45) is 3.36.